The molecule has 0 radical (unpaired) electrons. The van der Waals surface area contributed by atoms with Crippen LogP contribution in [0, 0.1) is 24.7 Å². The Morgan fingerprint density at radius 1 is 1.04 bits per heavy atom. The van der Waals surface area contributed by atoms with Crippen LogP contribution < -0.4 is 10.6 Å². The van der Waals surface area contributed by atoms with E-state index in [4.69, 9.17) is 26.5 Å². The number of aliphatic imine (C=N–C) groups is 1. The summed E-state index contributed by atoms with van der Waals surface area (Å²) in [6, 6.07) is 14.2. The third-order valence-electron chi connectivity index (χ3n) is 8.33. The second-order valence-electron chi connectivity index (χ2n) is 11.8. The van der Waals surface area contributed by atoms with Gasteiger partial charge >= 0.3 is 0 Å². The molecule has 0 unspecified atom stereocenters. The number of furan rings is 1. The number of nitrogens with zero attached hydrogens (tertiary/aromatic N) is 3. The van der Waals surface area contributed by atoms with Gasteiger partial charge in [0.15, 0.2) is 5.76 Å². The molecule has 2 amide bonds. The fourth-order valence-electron chi connectivity index (χ4n) is 5.58. The van der Waals surface area contributed by atoms with Crippen molar-refractivity contribution < 1.29 is 29.0 Å². The van der Waals surface area contributed by atoms with E-state index in [-0.39, 0.29) is 29.6 Å². The van der Waals surface area contributed by atoms with Gasteiger partial charge in [-0.15, -0.1) is 0 Å². The SMILES string of the molecule is Cc1ccoc1C(=O)Nc1cccc(C#C[C@H]2C=NC=C(C(=O)Nc3cccc(CCCN4CCN(CCOCCO)CC4)c3O)C2=S)c1. The lowest BCUT2D eigenvalue weighted by atomic mass is 9.97. The second kappa shape index (κ2) is 17.7. The maximum atomic E-state index is 13.3. The number of aliphatic hydroxyl groups is 1. The smallest absolute Gasteiger partial charge is 0.291 e. The van der Waals surface area contributed by atoms with Crippen molar-refractivity contribution in [1.82, 2.24) is 9.80 Å². The van der Waals surface area contributed by atoms with Crippen LogP contribution in [0.4, 0.5) is 11.4 Å². The van der Waals surface area contributed by atoms with Crippen LogP contribution in [0.3, 0.4) is 0 Å². The summed E-state index contributed by atoms with van der Waals surface area (Å²) in [5.74, 6) is 5.03. The molecule has 11 nitrogen and oxygen atoms in total. The molecule has 0 aliphatic carbocycles. The van der Waals surface area contributed by atoms with Crippen LogP contribution in [0.2, 0.25) is 0 Å². The van der Waals surface area contributed by atoms with Crippen LogP contribution in [0.25, 0.3) is 0 Å². The van der Waals surface area contributed by atoms with Gasteiger partial charge in [0, 0.05) is 66.8 Å². The quantitative estimate of drug-likeness (QED) is 0.0910. The number of anilines is 2. The number of rotatable bonds is 13. The van der Waals surface area contributed by atoms with Gasteiger partial charge in [-0.25, -0.2) is 0 Å². The van der Waals surface area contributed by atoms with E-state index >= 15 is 0 Å². The fraction of sp³-hybridized carbons (Fsp3) is 0.351. The first-order valence-corrected chi connectivity index (χ1v) is 16.7. The minimum absolute atomic E-state index is 0.0416. The number of aliphatic hydroxyl groups excluding tert-OH is 1. The minimum Gasteiger partial charge on any atom is -0.505 e. The molecule has 0 spiro atoms. The van der Waals surface area contributed by atoms with Crippen molar-refractivity contribution >= 4 is 46.5 Å². The monoisotopic (exact) mass is 683 g/mol. The Balaban J connectivity index is 1.11. The molecule has 1 saturated heterocycles. The molecule has 5 rings (SSSR count). The molecule has 1 atom stereocenters. The van der Waals surface area contributed by atoms with Crippen LogP contribution in [0.1, 0.15) is 33.7 Å². The standard InChI is InChI=1S/C37H41N5O6S/c1-26-12-20-48-34(26)37(46)39-30-8-2-5-27(23-30)10-11-29-24-38-25-31(35(29)49)36(45)40-32-9-3-6-28(33(32)44)7-4-13-41-14-16-42(17-15-41)18-21-47-22-19-43/h2-3,5-6,8-9,12,20,23-25,29,43-44H,4,7,13-19,21-22H2,1H3,(H,39,46)(H,40,45)/t29-/m0/s1. The third-order valence-corrected chi connectivity index (χ3v) is 8.81. The van der Waals surface area contributed by atoms with Crippen LogP contribution in [-0.2, 0) is 16.0 Å². The number of phenolic OH excluding ortho intramolecular Hbond substituents is 1. The number of aryl methyl sites for hydroxylation is 2. The summed E-state index contributed by atoms with van der Waals surface area (Å²) < 4.78 is 10.6. The van der Waals surface area contributed by atoms with E-state index in [2.05, 4.69) is 37.3 Å². The first-order chi connectivity index (χ1) is 23.8. The molecule has 0 saturated carbocycles. The molecule has 49 heavy (non-hydrogen) atoms. The first kappa shape index (κ1) is 35.7. The Labute approximate surface area is 291 Å². The van der Waals surface area contributed by atoms with Crippen LogP contribution in [0.15, 0.2) is 76.0 Å². The van der Waals surface area contributed by atoms with E-state index in [0.717, 1.165) is 56.8 Å². The Morgan fingerprint density at radius 2 is 1.82 bits per heavy atom. The van der Waals surface area contributed by atoms with Crippen molar-refractivity contribution in [2.24, 2.45) is 10.9 Å². The lowest BCUT2D eigenvalue weighted by molar-refractivity contribution is -0.112. The summed E-state index contributed by atoms with van der Waals surface area (Å²) in [6.45, 7) is 8.53. The van der Waals surface area contributed by atoms with Crippen molar-refractivity contribution in [1.29, 1.82) is 0 Å². The Bertz CT molecular complexity index is 1770. The van der Waals surface area contributed by atoms with Crippen molar-refractivity contribution in [2.75, 3.05) is 69.7 Å². The number of nitrogens with one attached hydrogen (secondary N) is 2. The Morgan fingerprint density at radius 3 is 2.57 bits per heavy atom. The molecule has 4 N–H and O–H groups in total. The van der Waals surface area contributed by atoms with Crippen molar-refractivity contribution in [3.05, 3.63) is 89.0 Å². The summed E-state index contributed by atoms with van der Waals surface area (Å²) in [7, 11) is 0. The number of piperazine rings is 1. The maximum absolute atomic E-state index is 13.3. The van der Waals surface area contributed by atoms with Gasteiger partial charge in [0.05, 0.1) is 43.3 Å². The lowest BCUT2D eigenvalue weighted by Crippen LogP contribution is -2.47. The molecule has 256 valence electrons. The highest BCUT2D eigenvalue weighted by molar-refractivity contribution is 7.81. The van der Waals surface area contributed by atoms with Crippen LogP contribution in [-0.4, -0.2) is 102 Å². The van der Waals surface area contributed by atoms with E-state index in [1.54, 1.807) is 43.5 Å². The molecular formula is C37H41N5O6S. The number of hydrogen-bond acceptors (Lipinski definition) is 10. The summed E-state index contributed by atoms with van der Waals surface area (Å²) >= 11 is 5.64. The summed E-state index contributed by atoms with van der Waals surface area (Å²) in [5, 5.41) is 25.5. The molecule has 3 heterocycles. The molecule has 1 aromatic heterocycles. The third kappa shape index (κ3) is 9.95. The van der Waals surface area contributed by atoms with E-state index < -0.39 is 11.8 Å². The average Bonchev–Trinajstić information content (AvgIpc) is 3.54. The number of thiocarbonyl (C=S) groups is 1. The lowest BCUT2D eigenvalue weighted by Gasteiger charge is -2.34. The number of amides is 2. The molecular weight excluding hydrogens is 643 g/mol. The Kier molecular flexibility index (Phi) is 12.9. The highest BCUT2D eigenvalue weighted by Crippen LogP contribution is 2.29. The summed E-state index contributed by atoms with van der Waals surface area (Å²) in [4.78, 5) is 35.2. The number of carbonyl (C=O) groups is 2. The van der Waals surface area contributed by atoms with E-state index in [9.17, 15) is 14.7 Å². The first-order valence-electron chi connectivity index (χ1n) is 16.3. The topological polar surface area (TPSA) is 140 Å². The highest BCUT2D eigenvalue weighted by Gasteiger charge is 2.24. The van der Waals surface area contributed by atoms with E-state index in [1.165, 1.54) is 12.5 Å². The highest BCUT2D eigenvalue weighted by atomic mass is 32.1. The average molecular weight is 684 g/mol. The zero-order valence-corrected chi connectivity index (χ0v) is 28.3. The molecule has 12 heteroatoms. The van der Waals surface area contributed by atoms with E-state index in [0.29, 0.717) is 41.4 Å². The number of ether oxygens (including phenoxy) is 1. The zero-order chi connectivity index (χ0) is 34.6. The molecule has 2 aliphatic heterocycles. The maximum Gasteiger partial charge on any atom is 0.291 e. The van der Waals surface area contributed by atoms with Crippen molar-refractivity contribution in [2.45, 2.75) is 19.8 Å². The van der Waals surface area contributed by atoms with E-state index in [1.807, 2.05) is 18.2 Å². The summed E-state index contributed by atoms with van der Waals surface area (Å²) in [6.07, 6.45) is 6.00. The van der Waals surface area contributed by atoms with Crippen molar-refractivity contribution in [3.8, 4) is 17.6 Å². The number of aromatic hydroxyl groups is 1. The predicted octanol–water partition coefficient (Wildman–Crippen LogP) is 4.05. The predicted molar refractivity (Wildman–Crippen MR) is 193 cm³/mol. The van der Waals surface area contributed by atoms with Crippen molar-refractivity contribution in [3.63, 3.8) is 0 Å². The number of phenols is 1. The van der Waals surface area contributed by atoms with Gasteiger partial charge in [-0.05, 0) is 62.2 Å². The van der Waals surface area contributed by atoms with Gasteiger partial charge in [-0.3, -0.25) is 19.5 Å². The number of carbonyl (C=O) groups excluding carboxylic acids is 2. The zero-order valence-electron chi connectivity index (χ0n) is 27.5. The number of para-hydroxylation sites is 1. The largest absolute Gasteiger partial charge is 0.505 e. The minimum atomic E-state index is -0.578. The molecule has 2 aromatic carbocycles. The number of hydrogen-bond donors (Lipinski definition) is 4. The fourth-order valence-corrected chi connectivity index (χ4v) is 5.84. The van der Waals surface area contributed by atoms with Gasteiger partial charge in [0.2, 0.25) is 0 Å². The second-order valence-corrected chi connectivity index (χ2v) is 12.2. The van der Waals surface area contributed by atoms with Gasteiger partial charge < -0.3 is 34.9 Å². The number of benzene rings is 2. The normalized spacial score (nSPS) is 16.5. The van der Waals surface area contributed by atoms with Gasteiger partial charge in [0.25, 0.3) is 11.8 Å². The Hall–Kier alpha value is -4.64. The molecule has 1 fully saturated rings. The van der Waals surface area contributed by atoms with Gasteiger partial charge in [-0.2, -0.15) is 0 Å². The molecule has 3 aromatic rings. The van der Waals surface area contributed by atoms with Gasteiger partial charge in [0.1, 0.15) is 5.75 Å². The van der Waals surface area contributed by atoms with Crippen LogP contribution >= 0.6 is 12.2 Å². The molecule has 2 aliphatic rings. The van der Waals surface area contributed by atoms with Gasteiger partial charge in [-0.1, -0.05) is 42.3 Å². The van der Waals surface area contributed by atoms with Crippen LogP contribution in [0.5, 0.6) is 5.75 Å². The molecule has 0 bridgehead atoms. The summed E-state index contributed by atoms with van der Waals surface area (Å²) in [5.41, 5.74) is 3.22.